The Morgan fingerprint density at radius 2 is 1.74 bits per heavy atom. The number of rotatable bonds is 8. The lowest BCUT2D eigenvalue weighted by Gasteiger charge is -2.20. The molecule has 0 heterocycles. The van der Waals surface area contributed by atoms with Crippen LogP contribution < -0.4 is 0 Å². The molecule has 0 bridgehead atoms. The molecular formula is C13H18FNO3S. The molecule has 106 valence electrons. The summed E-state index contributed by atoms with van der Waals surface area (Å²) in [6, 6.07) is 6.15. The van der Waals surface area contributed by atoms with E-state index in [1.54, 1.807) is 12.1 Å². The van der Waals surface area contributed by atoms with Gasteiger partial charge in [-0.05, 0) is 17.7 Å². The van der Waals surface area contributed by atoms with E-state index >= 15 is 0 Å². The molecule has 1 amide bonds. The first-order chi connectivity index (χ1) is 9.17. The molecule has 0 aromatic heterocycles. The summed E-state index contributed by atoms with van der Waals surface area (Å²) < 4.78 is 12.7. The van der Waals surface area contributed by atoms with Crippen molar-refractivity contribution < 1.29 is 19.4 Å². The summed E-state index contributed by atoms with van der Waals surface area (Å²) in [4.78, 5) is 13.2. The molecule has 0 aliphatic carbocycles. The van der Waals surface area contributed by atoms with Crippen LogP contribution in [0.3, 0.4) is 0 Å². The third-order valence-corrected chi connectivity index (χ3v) is 3.49. The second-order valence-corrected chi connectivity index (χ2v) is 4.93. The second-order valence-electron chi connectivity index (χ2n) is 3.95. The highest BCUT2D eigenvalue weighted by Crippen LogP contribution is 2.13. The molecule has 0 fully saturated rings. The zero-order chi connectivity index (χ0) is 14.1. The summed E-state index contributed by atoms with van der Waals surface area (Å²) in [6.07, 6.45) is 0. The van der Waals surface area contributed by atoms with Gasteiger partial charge in [0, 0.05) is 18.8 Å². The van der Waals surface area contributed by atoms with Crippen LogP contribution in [0.1, 0.15) is 5.56 Å². The number of hydrogen-bond donors (Lipinski definition) is 2. The molecule has 0 spiro atoms. The maximum absolute atomic E-state index is 12.7. The molecule has 4 nitrogen and oxygen atoms in total. The maximum atomic E-state index is 12.7. The largest absolute Gasteiger partial charge is 0.395 e. The van der Waals surface area contributed by atoms with Crippen molar-refractivity contribution in [3.05, 3.63) is 35.6 Å². The van der Waals surface area contributed by atoms with Gasteiger partial charge in [0.05, 0.1) is 19.0 Å². The number of carbonyl (C=O) groups excluding carboxylic acids is 1. The first-order valence-corrected chi connectivity index (χ1v) is 7.14. The van der Waals surface area contributed by atoms with Gasteiger partial charge in [-0.15, -0.1) is 11.8 Å². The first kappa shape index (κ1) is 15.9. The Labute approximate surface area is 116 Å². The molecule has 19 heavy (non-hydrogen) atoms. The van der Waals surface area contributed by atoms with Crippen LogP contribution >= 0.6 is 11.8 Å². The van der Waals surface area contributed by atoms with Crippen molar-refractivity contribution >= 4 is 17.7 Å². The van der Waals surface area contributed by atoms with E-state index in [1.165, 1.54) is 28.8 Å². The third-order valence-electron chi connectivity index (χ3n) is 2.50. The van der Waals surface area contributed by atoms with Crippen molar-refractivity contribution in [3.8, 4) is 0 Å². The van der Waals surface area contributed by atoms with E-state index in [2.05, 4.69) is 0 Å². The number of hydrogen-bond acceptors (Lipinski definition) is 4. The van der Waals surface area contributed by atoms with Crippen LogP contribution in [-0.4, -0.2) is 53.1 Å². The molecule has 1 aromatic rings. The van der Waals surface area contributed by atoms with Gasteiger partial charge in [0.1, 0.15) is 5.82 Å². The molecule has 2 N–H and O–H groups in total. The van der Waals surface area contributed by atoms with Crippen LogP contribution in [0.4, 0.5) is 4.39 Å². The van der Waals surface area contributed by atoms with Gasteiger partial charge >= 0.3 is 0 Å². The van der Waals surface area contributed by atoms with Crippen molar-refractivity contribution in [1.29, 1.82) is 0 Å². The van der Waals surface area contributed by atoms with Gasteiger partial charge in [0.25, 0.3) is 0 Å². The van der Waals surface area contributed by atoms with Crippen LogP contribution in [-0.2, 0) is 10.5 Å². The lowest BCUT2D eigenvalue weighted by atomic mass is 10.2. The fourth-order valence-electron chi connectivity index (χ4n) is 1.53. The Morgan fingerprint density at radius 1 is 1.16 bits per heavy atom. The highest BCUT2D eigenvalue weighted by Gasteiger charge is 2.12. The maximum Gasteiger partial charge on any atom is 0.232 e. The molecule has 0 aliphatic rings. The zero-order valence-corrected chi connectivity index (χ0v) is 11.4. The minimum Gasteiger partial charge on any atom is -0.395 e. The highest BCUT2D eigenvalue weighted by atomic mass is 32.2. The van der Waals surface area contributed by atoms with Crippen molar-refractivity contribution in [2.45, 2.75) is 5.75 Å². The standard InChI is InChI=1S/C13H18FNO3S/c14-12-3-1-11(2-4-12)9-19-10-13(18)15(5-7-16)6-8-17/h1-4,16-17H,5-10H2. The van der Waals surface area contributed by atoms with E-state index < -0.39 is 0 Å². The van der Waals surface area contributed by atoms with E-state index in [0.717, 1.165) is 5.56 Å². The Balaban J connectivity index is 2.34. The van der Waals surface area contributed by atoms with Gasteiger partial charge < -0.3 is 15.1 Å². The van der Waals surface area contributed by atoms with Gasteiger partial charge in [-0.1, -0.05) is 12.1 Å². The summed E-state index contributed by atoms with van der Waals surface area (Å²) in [5, 5.41) is 17.6. The van der Waals surface area contributed by atoms with E-state index in [-0.39, 0.29) is 43.8 Å². The van der Waals surface area contributed by atoms with Gasteiger partial charge in [-0.3, -0.25) is 4.79 Å². The topological polar surface area (TPSA) is 60.8 Å². The van der Waals surface area contributed by atoms with E-state index in [4.69, 9.17) is 10.2 Å². The number of aliphatic hydroxyl groups is 2. The minimum absolute atomic E-state index is 0.116. The number of aliphatic hydroxyl groups excluding tert-OH is 2. The summed E-state index contributed by atoms with van der Waals surface area (Å²) in [5.74, 6) is 0.507. The van der Waals surface area contributed by atoms with Crippen LogP contribution in [0.5, 0.6) is 0 Å². The molecule has 1 rings (SSSR count). The predicted octanol–water partition coefficient (Wildman–Crippen LogP) is 0.872. The normalized spacial score (nSPS) is 10.5. The molecule has 0 aliphatic heterocycles. The van der Waals surface area contributed by atoms with Crippen LogP contribution in [0.15, 0.2) is 24.3 Å². The number of carbonyl (C=O) groups is 1. The van der Waals surface area contributed by atoms with Crippen molar-refractivity contribution in [3.63, 3.8) is 0 Å². The van der Waals surface area contributed by atoms with Crippen molar-refractivity contribution in [1.82, 2.24) is 4.90 Å². The zero-order valence-electron chi connectivity index (χ0n) is 10.6. The number of amides is 1. The Bertz CT molecular complexity index is 380. The third kappa shape index (κ3) is 6.04. The van der Waals surface area contributed by atoms with Crippen LogP contribution in [0, 0.1) is 5.82 Å². The molecule has 6 heteroatoms. The Morgan fingerprint density at radius 3 is 2.26 bits per heavy atom. The lowest BCUT2D eigenvalue weighted by Crippen LogP contribution is -2.37. The SMILES string of the molecule is O=C(CSCc1ccc(F)cc1)N(CCO)CCO. The Hall–Kier alpha value is -1.11. The van der Waals surface area contributed by atoms with E-state index in [9.17, 15) is 9.18 Å². The number of nitrogens with zero attached hydrogens (tertiary/aromatic N) is 1. The molecule has 0 saturated carbocycles. The Kier molecular flexibility index (Phi) is 7.47. The average molecular weight is 287 g/mol. The minimum atomic E-state index is -0.276. The van der Waals surface area contributed by atoms with E-state index in [0.29, 0.717) is 5.75 Å². The average Bonchev–Trinajstić information content (AvgIpc) is 2.40. The molecule has 1 aromatic carbocycles. The number of thioether (sulfide) groups is 1. The molecule has 0 saturated heterocycles. The first-order valence-electron chi connectivity index (χ1n) is 5.99. The fraction of sp³-hybridized carbons (Fsp3) is 0.462. The summed E-state index contributed by atoms with van der Waals surface area (Å²) in [7, 11) is 0. The summed E-state index contributed by atoms with van der Waals surface area (Å²) in [6.45, 7) is 0.232. The molecular weight excluding hydrogens is 269 g/mol. The molecule has 0 atom stereocenters. The molecule has 0 unspecified atom stereocenters. The quantitative estimate of drug-likeness (QED) is 0.745. The van der Waals surface area contributed by atoms with E-state index in [1.807, 2.05) is 0 Å². The number of benzene rings is 1. The summed E-state index contributed by atoms with van der Waals surface area (Å²) in [5.41, 5.74) is 0.954. The van der Waals surface area contributed by atoms with Gasteiger partial charge in [-0.2, -0.15) is 0 Å². The lowest BCUT2D eigenvalue weighted by molar-refractivity contribution is -0.129. The predicted molar refractivity (Wildman–Crippen MR) is 73.3 cm³/mol. The van der Waals surface area contributed by atoms with Gasteiger partial charge in [0.2, 0.25) is 5.91 Å². The van der Waals surface area contributed by atoms with Crippen LogP contribution in [0.2, 0.25) is 0 Å². The second kappa shape index (κ2) is 8.90. The van der Waals surface area contributed by atoms with Crippen molar-refractivity contribution in [2.75, 3.05) is 32.1 Å². The van der Waals surface area contributed by atoms with Gasteiger partial charge in [-0.25, -0.2) is 4.39 Å². The number of halogens is 1. The molecule has 0 radical (unpaired) electrons. The highest BCUT2D eigenvalue weighted by molar-refractivity contribution is 7.99. The van der Waals surface area contributed by atoms with Crippen LogP contribution in [0.25, 0.3) is 0 Å². The monoisotopic (exact) mass is 287 g/mol. The smallest absolute Gasteiger partial charge is 0.232 e. The summed E-state index contributed by atoms with van der Waals surface area (Å²) >= 11 is 1.42. The van der Waals surface area contributed by atoms with Gasteiger partial charge in [0.15, 0.2) is 0 Å². The fourth-order valence-corrected chi connectivity index (χ4v) is 2.42. The van der Waals surface area contributed by atoms with Crippen molar-refractivity contribution in [2.24, 2.45) is 0 Å².